The van der Waals surface area contributed by atoms with Crippen LogP contribution < -0.4 is 11.1 Å². The van der Waals surface area contributed by atoms with Crippen molar-refractivity contribution in [2.75, 3.05) is 5.88 Å². The largest absolute Gasteiger partial charge is 0.444 e. The van der Waals surface area contributed by atoms with Gasteiger partial charge in [0.25, 0.3) is 0 Å². The van der Waals surface area contributed by atoms with Crippen molar-refractivity contribution in [3.05, 3.63) is 10.0 Å². The summed E-state index contributed by atoms with van der Waals surface area (Å²) in [5.41, 5.74) is 4.75. The van der Waals surface area contributed by atoms with Gasteiger partial charge in [-0.3, -0.25) is 0 Å². The smallest absolute Gasteiger partial charge is 0.408 e. The molecule has 0 radical (unpaired) electrons. The van der Waals surface area contributed by atoms with Crippen molar-refractivity contribution in [1.29, 1.82) is 0 Å². The molecule has 0 saturated heterocycles. The molecular weight excluding hydrogens is 268 g/mol. The van der Waals surface area contributed by atoms with Gasteiger partial charge in [0.1, 0.15) is 5.60 Å². The molecule has 0 spiro atoms. The summed E-state index contributed by atoms with van der Waals surface area (Å²) >= 11 is 4.57. The van der Waals surface area contributed by atoms with E-state index in [1.807, 2.05) is 20.8 Å². The van der Waals surface area contributed by atoms with Gasteiger partial charge in [-0.15, -0.1) is 0 Å². The number of nitrogens with one attached hydrogen (secondary N) is 1. The maximum atomic E-state index is 11.1. The van der Waals surface area contributed by atoms with E-state index < -0.39 is 11.7 Å². The predicted octanol–water partition coefficient (Wildman–Crippen LogP) is 2.35. The average molecular weight is 283 g/mol. The van der Waals surface area contributed by atoms with E-state index in [9.17, 15) is 4.79 Å². The Morgan fingerprint density at radius 3 is 2.64 bits per heavy atom. The van der Waals surface area contributed by atoms with E-state index in [1.165, 1.54) is 18.0 Å². The molecular formula is C8H15BrN2O2S. The number of carbonyl (C=O) groups is 1. The molecule has 0 bridgehead atoms. The zero-order valence-corrected chi connectivity index (χ0v) is 10.9. The fraction of sp³-hybridized carbons (Fsp3) is 0.625. The van der Waals surface area contributed by atoms with Gasteiger partial charge in [-0.05, 0) is 36.7 Å². The Labute approximate surface area is 96.8 Å². The molecule has 0 aliphatic rings. The summed E-state index contributed by atoms with van der Waals surface area (Å²) in [4.78, 5) is 11.1. The maximum Gasteiger partial charge on any atom is 0.408 e. The Morgan fingerprint density at radius 2 is 2.21 bits per heavy atom. The molecule has 0 atom stereocenters. The fourth-order valence-corrected chi connectivity index (χ4v) is 1.29. The SMILES string of the molecule is CC(C)(C)OC(=O)NCS/C(Br)=C\N. The third-order valence-corrected chi connectivity index (χ3v) is 2.61. The Morgan fingerprint density at radius 1 is 1.64 bits per heavy atom. The van der Waals surface area contributed by atoms with Crippen LogP contribution in [0.3, 0.4) is 0 Å². The Kier molecular flexibility index (Phi) is 6.03. The van der Waals surface area contributed by atoms with Crippen molar-refractivity contribution in [3.8, 4) is 0 Å². The van der Waals surface area contributed by atoms with Gasteiger partial charge in [0.15, 0.2) is 0 Å². The zero-order valence-electron chi connectivity index (χ0n) is 8.46. The van der Waals surface area contributed by atoms with E-state index in [-0.39, 0.29) is 0 Å². The zero-order chi connectivity index (χ0) is 11.2. The third-order valence-electron chi connectivity index (χ3n) is 0.956. The lowest BCUT2D eigenvalue weighted by molar-refractivity contribution is 0.0538. The van der Waals surface area contributed by atoms with Crippen LogP contribution in [-0.2, 0) is 4.74 Å². The summed E-state index contributed by atoms with van der Waals surface area (Å²) in [6, 6.07) is 0. The maximum absolute atomic E-state index is 11.1. The van der Waals surface area contributed by atoms with Crippen molar-refractivity contribution in [2.24, 2.45) is 5.73 Å². The van der Waals surface area contributed by atoms with E-state index in [0.29, 0.717) is 5.88 Å². The number of nitrogens with two attached hydrogens (primary N) is 1. The van der Waals surface area contributed by atoms with Gasteiger partial charge >= 0.3 is 6.09 Å². The van der Waals surface area contributed by atoms with E-state index in [2.05, 4.69) is 21.2 Å². The van der Waals surface area contributed by atoms with Gasteiger partial charge in [-0.25, -0.2) is 4.79 Å². The number of ether oxygens (including phenoxy) is 1. The van der Waals surface area contributed by atoms with E-state index in [4.69, 9.17) is 10.5 Å². The first-order valence-electron chi connectivity index (χ1n) is 4.02. The Bertz CT molecular complexity index is 226. The second-order valence-corrected chi connectivity index (χ2v) is 5.83. The standard InChI is InChI=1S/C8H15BrN2O2S/c1-8(2,3)13-7(12)11-5-14-6(9)4-10/h4H,5,10H2,1-3H3,(H,11,12)/b6-4-. The molecule has 0 unspecified atom stereocenters. The number of halogens is 1. The minimum Gasteiger partial charge on any atom is -0.444 e. The van der Waals surface area contributed by atoms with Crippen molar-refractivity contribution in [2.45, 2.75) is 26.4 Å². The second kappa shape index (κ2) is 6.19. The number of amides is 1. The molecule has 0 aromatic carbocycles. The number of hydrogen-bond donors (Lipinski definition) is 2. The van der Waals surface area contributed by atoms with Crippen LogP contribution in [0.25, 0.3) is 0 Å². The van der Waals surface area contributed by atoms with Crippen LogP contribution >= 0.6 is 27.7 Å². The molecule has 0 saturated carbocycles. The number of thioether (sulfide) groups is 1. The predicted molar refractivity (Wildman–Crippen MR) is 63.0 cm³/mol. The van der Waals surface area contributed by atoms with Gasteiger partial charge in [0.2, 0.25) is 0 Å². The summed E-state index contributed by atoms with van der Waals surface area (Å²) < 4.78 is 5.80. The highest BCUT2D eigenvalue weighted by Gasteiger charge is 2.15. The summed E-state index contributed by atoms with van der Waals surface area (Å²) in [5, 5.41) is 2.58. The summed E-state index contributed by atoms with van der Waals surface area (Å²) in [5.74, 6) is 0.420. The van der Waals surface area contributed by atoms with Gasteiger partial charge < -0.3 is 15.8 Å². The summed E-state index contributed by atoms with van der Waals surface area (Å²) in [6.07, 6.45) is 0.990. The molecule has 0 aliphatic carbocycles. The van der Waals surface area contributed by atoms with Gasteiger partial charge in [-0.1, -0.05) is 11.8 Å². The first-order valence-corrected chi connectivity index (χ1v) is 5.80. The van der Waals surface area contributed by atoms with Crippen LogP contribution in [0.15, 0.2) is 10.0 Å². The van der Waals surface area contributed by atoms with Crippen LogP contribution in [0.5, 0.6) is 0 Å². The van der Waals surface area contributed by atoms with E-state index in [0.717, 1.165) is 3.81 Å². The van der Waals surface area contributed by atoms with E-state index >= 15 is 0 Å². The van der Waals surface area contributed by atoms with Gasteiger partial charge in [0.05, 0.1) is 9.69 Å². The molecule has 0 aromatic rings. The third kappa shape index (κ3) is 8.25. The van der Waals surface area contributed by atoms with Gasteiger partial charge in [0, 0.05) is 6.20 Å². The fourth-order valence-electron chi connectivity index (χ4n) is 0.526. The van der Waals surface area contributed by atoms with Crippen LogP contribution in [0.2, 0.25) is 0 Å². The molecule has 3 N–H and O–H groups in total. The topological polar surface area (TPSA) is 64.3 Å². The minimum absolute atomic E-state index is 0.420. The van der Waals surface area contributed by atoms with E-state index in [1.54, 1.807) is 0 Å². The molecule has 0 fully saturated rings. The molecule has 1 amide bonds. The lowest BCUT2D eigenvalue weighted by Gasteiger charge is -2.19. The molecule has 0 aliphatic heterocycles. The van der Waals surface area contributed by atoms with Crippen LogP contribution in [-0.4, -0.2) is 17.6 Å². The summed E-state index contributed by atoms with van der Waals surface area (Å²) in [7, 11) is 0. The molecule has 0 rings (SSSR count). The van der Waals surface area contributed by atoms with Crippen molar-refractivity contribution in [1.82, 2.24) is 5.32 Å². The van der Waals surface area contributed by atoms with Crippen LogP contribution in [0.4, 0.5) is 4.79 Å². The van der Waals surface area contributed by atoms with Crippen molar-refractivity contribution >= 4 is 33.8 Å². The number of alkyl carbamates (subject to hydrolysis) is 1. The highest BCUT2D eigenvalue weighted by Crippen LogP contribution is 2.19. The Hall–Kier alpha value is -0.360. The quantitative estimate of drug-likeness (QED) is 0.780. The number of rotatable bonds is 3. The minimum atomic E-state index is -0.463. The number of hydrogen-bond acceptors (Lipinski definition) is 4. The van der Waals surface area contributed by atoms with Crippen LogP contribution in [0, 0.1) is 0 Å². The average Bonchev–Trinajstić information content (AvgIpc) is 2.00. The molecule has 82 valence electrons. The summed E-state index contributed by atoms with van der Waals surface area (Å²) in [6.45, 7) is 5.44. The number of carbonyl (C=O) groups excluding carboxylic acids is 1. The molecule has 0 aromatic heterocycles. The second-order valence-electron chi connectivity index (χ2n) is 3.44. The van der Waals surface area contributed by atoms with Crippen LogP contribution in [0.1, 0.15) is 20.8 Å². The lowest BCUT2D eigenvalue weighted by Crippen LogP contribution is -2.32. The monoisotopic (exact) mass is 282 g/mol. The highest BCUT2D eigenvalue weighted by atomic mass is 79.9. The highest BCUT2D eigenvalue weighted by molar-refractivity contribution is 9.14. The Balaban J connectivity index is 3.66. The molecule has 0 heterocycles. The molecule has 4 nitrogen and oxygen atoms in total. The lowest BCUT2D eigenvalue weighted by atomic mass is 10.2. The molecule has 14 heavy (non-hydrogen) atoms. The first-order chi connectivity index (χ1) is 6.35. The van der Waals surface area contributed by atoms with Crippen molar-refractivity contribution < 1.29 is 9.53 Å². The molecule has 6 heteroatoms. The van der Waals surface area contributed by atoms with Gasteiger partial charge in [-0.2, -0.15) is 0 Å². The first kappa shape index (κ1) is 13.6. The van der Waals surface area contributed by atoms with Crippen molar-refractivity contribution in [3.63, 3.8) is 0 Å². The normalized spacial score (nSPS) is 12.4.